The van der Waals surface area contributed by atoms with E-state index in [0.29, 0.717) is 0 Å². The average molecular weight is 296 g/mol. The Morgan fingerprint density at radius 1 is 0.824 bits per heavy atom. The fourth-order valence-corrected chi connectivity index (χ4v) is 0.471. The van der Waals surface area contributed by atoms with Crippen molar-refractivity contribution in [2.75, 3.05) is 0 Å². The molecular weight excluding hydrogens is 276 g/mol. The van der Waals surface area contributed by atoms with Crippen molar-refractivity contribution in [1.82, 2.24) is 0 Å². The van der Waals surface area contributed by atoms with Crippen LogP contribution in [0.2, 0.25) is 0 Å². The van der Waals surface area contributed by atoms with E-state index in [9.17, 15) is 0 Å². The second kappa shape index (κ2) is 9.74. The van der Waals surface area contributed by atoms with Crippen molar-refractivity contribution in [3.05, 3.63) is 0 Å². The molecule has 0 spiro atoms. The number of rotatable bonds is 2. The maximum atomic E-state index is 8.74. The predicted octanol–water partition coefficient (Wildman–Crippen LogP) is 1.38. The van der Waals surface area contributed by atoms with Crippen molar-refractivity contribution < 1.29 is 35.0 Å². The third kappa shape index (κ3) is 90.2. The quantitative estimate of drug-likeness (QED) is 0.558. The zero-order chi connectivity index (χ0) is 14.9. The van der Waals surface area contributed by atoms with Crippen LogP contribution in [0.1, 0.15) is 34.1 Å². The minimum absolute atomic E-state index is 0.866. The molecule has 0 aromatic heterocycles. The van der Waals surface area contributed by atoms with Crippen LogP contribution in [0.3, 0.4) is 0 Å². The van der Waals surface area contributed by atoms with E-state index in [1.807, 2.05) is 0 Å². The highest BCUT2D eigenvalue weighted by molar-refractivity contribution is 7.80. The Balaban J connectivity index is -0.000000177. The molecule has 0 fully saturated rings. The van der Waals surface area contributed by atoms with Gasteiger partial charge in [0.05, 0.1) is 0 Å². The second-order valence-electron chi connectivity index (χ2n) is 3.53. The SMILES string of the molecule is CCC(C)C(C)C.O=S(=O)(O)O.O=S(=O)(O)O. The van der Waals surface area contributed by atoms with E-state index >= 15 is 0 Å². The van der Waals surface area contributed by atoms with Crippen LogP contribution >= 0.6 is 0 Å². The minimum atomic E-state index is -4.67. The van der Waals surface area contributed by atoms with Crippen LogP contribution in [-0.2, 0) is 20.8 Å². The van der Waals surface area contributed by atoms with Crippen molar-refractivity contribution in [2.45, 2.75) is 34.1 Å². The lowest BCUT2D eigenvalue weighted by Crippen LogP contribution is -2.00. The van der Waals surface area contributed by atoms with E-state index in [4.69, 9.17) is 35.0 Å². The molecule has 0 rings (SSSR count). The van der Waals surface area contributed by atoms with Gasteiger partial charge in [0.15, 0.2) is 0 Å². The van der Waals surface area contributed by atoms with Crippen LogP contribution in [0.15, 0.2) is 0 Å². The van der Waals surface area contributed by atoms with Gasteiger partial charge in [-0.1, -0.05) is 34.1 Å². The molecule has 0 heterocycles. The zero-order valence-corrected chi connectivity index (χ0v) is 11.7. The fraction of sp³-hybridized carbons (Fsp3) is 1.00. The summed E-state index contributed by atoms with van der Waals surface area (Å²) in [5.41, 5.74) is 0. The van der Waals surface area contributed by atoms with Gasteiger partial charge in [-0.3, -0.25) is 18.2 Å². The Kier molecular flexibility index (Phi) is 12.6. The Hall–Kier alpha value is -0.260. The molecule has 0 saturated heterocycles. The van der Waals surface area contributed by atoms with Gasteiger partial charge in [-0.2, -0.15) is 16.8 Å². The number of hydrogen-bond donors (Lipinski definition) is 4. The van der Waals surface area contributed by atoms with Gasteiger partial charge < -0.3 is 0 Å². The van der Waals surface area contributed by atoms with Crippen LogP contribution in [0.4, 0.5) is 0 Å². The Morgan fingerprint density at radius 2 is 1.00 bits per heavy atom. The third-order valence-corrected chi connectivity index (χ3v) is 1.78. The predicted molar refractivity (Wildman–Crippen MR) is 62.6 cm³/mol. The molecule has 8 nitrogen and oxygen atoms in total. The van der Waals surface area contributed by atoms with E-state index < -0.39 is 20.8 Å². The standard InChI is InChI=1S/C7H16.2H2O4S/c1-5-7(4)6(2)3;2*1-5(2,3)4/h6-7H,5H2,1-4H3;2*(H2,1,2,3,4). The fourth-order valence-electron chi connectivity index (χ4n) is 0.471. The number of hydrogen-bond acceptors (Lipinski definition) is 4. The molecule has 0 amide bonds. The van der Waals surface area contributed by atoms with E-state index in [1.54, 1.807) is 0 Å². The maximum absolute atomic E-state index is 8.74. The third-order valence-electron chi connectivity index (χ3n) is 1.78. The van der Waals surface area contributed by atoms with Gasteiger partial charge in [0.1, 0.15) is 0 Å². The molecule has 108 valence electrons. The van der Waals surface area contributed by atoms with Crippen molar-refractivity contribution in [3.8, 4) is 0 Å². The molecule has 1 unspecified atom stereocenters. The first-order valence-corrected chi connectivity index (χ1v) is 7.37. The van der Waals surface area contributed by atoms with Crippen LogP contribution < -0.4 is 0 Å². The molecule has 0 saturated carbocycles. The van der Waals surface area contributed by atoms with Crippen LogP contribution in [0.25, 0.3) is 0 Å². The van der Waals surface area contributed by atoms with Crippen molar-refractivity contribution in [1.29, 1.82) is 0 Å². The molecule has 17 heavy (non-hydrogen) atoms. The van der Waals surface area contributed by atoms with E-state index in [-0.39, 0.29) is 0 Å². The molecule has 10 heteroatoms. The van der Waals surface area contributed by atoms with Gasteiger partial charge in [0, 0.05) is 0 Å². The van der Waals surface area contributed by atoms with Crippen LogP contribution in [0.5, 0.6) is 0 Å². The lowest BCUT2D eigenvalue weighted by molar-refractivity contribution is 0.378. The van der Waals surface area contributed by atoms with Crippen molar-refractivity contribution >= 4 is 20.8 Å². The van der Waals surface area contributed by atoms with Gasteiger partial charge in [0.2, 0.25) is 0 Å². The van der Waals surface area contributed by atoms with Gasteiger partial charge in [-0.25, -0.2) is 0 Å². The first-order valence-electron chi connectivity index (χ1n) is 4.58. The molecular formula is C7H20O8S2. The molecule has 0 radical (unpaired) electrons. The molecule has 1 atom stereocenters. The summed E-state index contributed by atoms with van der Waals surface area (Å²) in [4.78, 5) is 0. The zero-order valence-electron chi connectivity index (χ0n) is 10.1. The minimum Gasteiger partial charge on any atom is -0.264 e. The summed E-state index contributed by atoms with van der Waals surface area (Å²) in [6.45, 7) is 9.08. The van der Waals surface area contributed by atoms with E-state index in [0.717, 1.165) is 11.8 Å². The van der Waals surface area contributed by atoms with Gasteiger partial charge in [-0.05, 0) is 11.8 Å². The monoisotopic (exact) mass is 296 g/mol. The molecule has 0 aliphatic heterocycles. The summed E-state index contributed by atoms with van der Waals surface area (Å²) < 4.78 is 63.2. The summed E-state index contributed by atoms with van der Waals surface area (Å²) in [5.74, 6) is 1.77. The summed E-state index contributed by atoms with van der Waals surface area (Å²) in [7, 11) is -9.33. The van der Waals surface area contributed by atoms with Crippen LogP contribution in [-0.4, -0.2) is 35.0 Å². The van der Waals surface area contributed by atoms with Gasteiger partial charge in [0.25, 0.3) is 0 Å². The Labute approximate surface area is 102 Å². The topological polar surface area (TPSA) is 149 Å². The van der Waals surface area contributed by atoms with Crippen molar-refractivity contribution in [3.63, 3.8) is 0 Å². The highest BCUT2D eigenvalue weighted by Gasteiger charge is 2.01. The lowest BCUT2D eigenvalue weighted by Gasteiger charge is -2.10. The largest absolute Gasteiger partial charge is 0.394 e. The summed E-state index contributed by atoms with van der Waals surface area (Å²) in [6.07, 6.45) is 1.32. The Bertz CT molecular complexity index is 309. The first-order chi connectivity index (χ1) is 7.18. The van der Waals surface area contributed by atoms with Crippen molar-refractivity contribution in [2.24, 2.45) is 11.8 Å². The highest BCUT2D eigenvalue weighted by atomic mass is 32.3. The Morgan fingerprint density at radius 3 is 1.00 bits per heavy atom. The summed E-state index contributed by atoms with van der Waals surface area (Å²) in [6, 6.07) is 0. The average Bonchev–Trinajstić information content (AvgIpc) is 1.96. The molecule has 0 aliphatic carbocycles. The summed E-state index contributed by atoms with van der Waals surface area (Å²) >= 11 is 0. The molecule has 0 bridgehead atoms. The molecule has 0 aromatic carbocycles. The van der Waals surface area contributed by atoms with Gasteiger partial charge >= 0.3 is 20.8 Å². The molecule has 0 aromatic rings. The maximum Gasteiger partial charge on any atom is 0.394 e. The normalized spacial score (nSPS) is 13.0. The van der Waals surface area contributed by atoms with Crippen LogP contribution in [0, 0.1) is 11.8 Å². The second-order valence-corrected chi connectivity index (χ2v) is 5.32. The van der Waals surface area contributed by atoms with Gasteiger partial charge in [-0.15, -0.1) is 0 Å². The smallest absolute Gasteiger partial charge is 0.264 e. The summed E-state index contributed by atoms with van der Waals surface area (Å²) in [5, 5.41) is 0. The highest BCUT2D eigenvalue weighted by Crippen LogP contribution is 2.11. The molecule has 4 N–H and O–H groups in total. The van der Waals surface area contributed by atoms with E-state index in [2.05, 4.69) is 27.7 Å². The van der Waals surface area contributed by atoms with E-state index in [1.165, 1.54) is 6.42 Å². The lowest BCUT2D eigenvalue weighted by atomic mass is 9.96. The molecule has 0 aliphatic rings. The first kappa shape index (κ1) is 22.0.